The zero-order valence-electron chi connectivity index (χ0n) is 10.5. The van der Waals surface area contributed by atoms with Crippen LogP contribution >= 0.6 is 0 Å². The van der Waals surface area contributed by atoms with Crippen LogP contribution in [-0.2, 0) is 10.0 Å². The molecule has 1 saturated carbocycles. The minimum absolute atomic E-state index is 0.162. The van der Waals surface area contributed by atoms with Gasteiger partial charge in [-0.05, 0) is 45.1 Å². The first-order chi connectivity index (χ1) is 7.40. The maximum atomic E-state index is 11.1. The zero-order chi connectivity index (χ0) is 12.2. The normalized spacial score (nSPS) is 20.7. The second kappa shape index (κ2) is 5.47. The van der Waals surface area contributed by atoms with E-state index in [2.05, 4.69) is 23.9 Å². The van der Waals surface area contributed by atoms with Crippen LogP contribution in [0.2, 0.25) is 0 Å². The predicted octanol–water partition coefficient (Wildman–Crippen LogP) is 1.09. The van der Waals surface area contributed by atoms with Gasteiger partial charge in [0.05, 0.1) is 5.75 Å². The molecule has 0 saturated heterocycles. The summed E-state index contributed by atoms with van der Waals surface area (Å²) < 4.78 is 24.8. The van der Waals surface area contributed by atoms with Crippen LogP contribution < -0.4 is 10.0 Å². The highest BCUT2D eigenvalue weighted by molar-refractivity contribution is 7.89. The summed E-state index contributed by atoms with van der Waals surface area (Å²) in [4.78, 5) is 0. The second-order valence-corrected chi connectivity index (χ2v) is 7.08. The summed E-state index contributed by atoms with van der Waals surface area (Å²) in [7, 11) is -3.01. The third kappa shape index (κ3) is 4.39. The maximum absolute atomic E-state index is 11.1. The van der Waals surface area contributed by atoms with Crippen molar-refractivity contribution < 1.29 is 8.42 Å². The van der Waals surface area contributed by atoms with Crippen molar-refractivity contribution in [2.75, 3.05) is 18.8 Å². The molecule has 0 bridgehead atoms. The molecule has 0 aromatic heterocycles. The summed E-state index contributed by atoms with van der Waals surface area (Å²) in [6, 6.07) is 0.537. The average molecular weight is 248 g/mol. The lowest BCUT2D eigenvalue weighted by molar-refractivity contribution is 0.379. The van der Waals surface area contributed by atoms with Crippen molar-refractivity contribution in [3.8, 4) is 0 Å². The molecular formula is C11H24N2O2S. The molecule has 0 heterocycles. The molecule has 16 heavy (non-hydrogen) atoms. The molecule has 1 aliphatic rings. The lowest BCUT2D eigenvalue weighted by Crippen LogP contribution is -2.35. The molecule has 4 nitrogen and oxygen atoms in total. The third-order valence-corrected chi connectivity index (χ3v) is 4.99. The molecule has 5 heteroatoms. The lowest BCUT2D eigenvalue weighted by Gasteiger charge is -2.20. The van der Waals surface area contributed by atoms with Crippen LogP contribution in [0.1, 0.15) is 40.0 Å². The first-order valence-electron chi connectivity index (χ1n) is 6.10. The van der Waals surface area contributed by atoms with E-state index >= 15 is 0 Å². The van der Waals surface area contributed by atoms with E-state index in [4.69, 9.17) is 0 Å². The molecule has 0 amide bonds. The highest BCUT2D eigenvalue weighted by Gasteiger charge is 2.41. The van der Waals surface area contributed by atoms with Gasteiger partial charge in [0.1, 0.15) is 0 Å². The van der Waals surface area contributed by atoms with Gasteiger partial charge in [0.25, 0.3) is 0 Å². The molecule has 1 rings (SSSR count). The van der Waals surface area contributed by atoms with Gasteiger partial charge in [-0.3, -0.25) is 0 Å². The van der Waals surface area contributed by atoms with Gasteiger partial charge >= 0.3 is 0 Å². The minimum Gasteiger partial charge on any atom is -0.314 e. The molecule has 1 aliphatic carbocycles. The van der Waals surface area contributed by atoms with Gasteiger partial charge < -0.3 is 5.32 Å². The van der Waals surface area contributed by atoms with Crippen molar-refractivity contribution >= 4 is 10.0 Å². The van der Waals surface area contributed by atoms with Gasteiger partial charge in [-0.1, -0.05) is 6.92 Å². The molecule has 0 radical (unpaired) electrons. The van der Waals surface area contributed by atoms with Crippen molar-refractivity contribution in [1.82, 2.24) is 10.0 Å². The fourth-order valence-corrected chi connectivity index (χ4v) is 2.27. The average Bonchev–Trinajstić information content (AvgIpc) is 2.97. The van der Waals surface area contributed by atoms with Crippen LogP contribution in [0.4, 0.5) is 0 Å². The van der Waals surface area contributed by atoms with E-state index in [1.54, 1.807) is 6.92 Å². The summed E-state index contributed by atoms with van der Waals surface area (Å²) in [5, 5.41) is 3.45. The molecule has 96 valence electrons. The highest BCUT2D eigenvalue weighted by Crippen LogP contribution is 2.47. The van der Waals surface area contributed by atoms with Gasteiger partial charge in [-0.25, -0.2) is 13.1 Å². The number of rotatable bonds is 8. The quantitative estimate of drug-likeness (QED) is 0.632. The highest BCUT2D eigenvalue weighted by atomic mass is 32.2. The molecule has 1 unspecified atom stereocenters. The summed E-state index contributed by atoms with van der Waals surface area (Å²) in [6.07, 6.45) is 3.47. The zero-order valence-corrected chi connectivity index (χ0v) is 11.4. The van der Waals surface area contributed by atoms with Crippen molar-refractivity contribution in [3.05, 3.63) is 0 Å². The Kier molecular flexibility index (Phi) is 4.76. The first kappa shape index (κ1) is 13.9. The first-order valence-corrected chi connectivity index (χ1v) is 7.75. The summed E-state index contributed by atoms with van der Waals surface area (Å²) in [5.74, 6) is 0.162. The standard InChI is InChI=1S/C11H24N2O2S/c1-4-16(14,15)13-9-5-8-12-10(2)11(3)6-7-11/h10,12-13H,4-9H2,1-3H3. The summed E-state index contributed by atoms with van der Waals surface area (Å²) in [5.41, 5.74) is 0.489. The van der Waals surface area contributed by atoms with E-state index in [1.165, 1.54) is 12.8 Å². The monoisotopic (exact) mass is 248 g/mol. The Bertz CT molecular complexity index is 310. The van der Waals surface area contributed by atoms with E-state index in [-0.39, 0.29) is 5.75 Å². The lowest BCUT2D eigenvalue weighted by atomic mass is 10.0. The Morgan fingerprint density at radius 1 is 1.31 bits per heavy atom. The van der Waals surface area contributed by atoms with Gasteiger partial charge in [0, 0.05) is 12.6 Å². The Balaban J connectivity index is 2.04. The van der Waals surface area contributed by atoms with Crippen LogP contribution in [0.5, 0.6) is 0 Å². The number of nitrogens with one attached hydrogen (secondary N) is 2. The Morgan fingerprint density at radius 2 is 1.94 bits per heavy atom. The fourth-order valence-electron chi connectivity index (χ4n) is 1.61. The van der Waals surface area contributed by atoms with Crippen molar-refractivity contribution in [2.24, 2.45) is 5.41 Å². The number of hydrogen-bond acceptors (Lipinski definition) is 3. The van der Waals surface area contributed by atoms with Crippen molar-refractivity contribution in [3.63, 3.8) is 0 Å². The van der Waals surface area contributed by atoms with E-state index in [9.17, 15) is 8.42 Å². The van der Waals surface area contributed by atoms with Crippen molar-refractivity contribution in [2.45, 2.75) is 46.1 Å². The predicted molar refractivity (Wildman–Crippen MR) is 66.9 cm³/mol. The number of hydrogen-bond donors (Lipinski definition) is 2. The summed E-state index contributed by atoms with van der Waals surface area (Å²) in [6.45, 7) is 7.57. The maximum Gasteiger partial charge on any atom is 0.211 e. The second-order valence-electron chi connectivity index (χ2n) is 4.98. The molecule has 0 aromatic rings. The smallest absolute Gasteiger partial charge is 0.211 e. The van der Waals surface area contributed by atoms with Gasteiger partial charge in [0.2, 0.25) is 10.0 Å². The largest absolute Gasteiger partial charge is 0.314 e. The van der Waals surface area contributed by atoms with E-state index in [0.29, 0.717) is 18.0 Å². The van der Waals surface area contributed by atoms with Crippen molar-refractivity contribution in [1.29, 1.82) is 0 Å². The molecule has 2 N–H and O–H groups in total. The van der Waals surface area contributed by atoms with Crippen LogP contribution in [0.15, 0.2) is 0 Å². The van der Waals surface area contributed by atoms with E-state index in [1.807, 2.05) is 0 Å². The summed E-state index contributed by atoms with van der Waals surface area (Å²) >= 11 is 0. The van der Waals surface area contributed by atoms with Crippen LogP contribution in [0.3, 0.4) is 0 Å². The van der Waals surface area contributed by atoms with Gasteiger partial charge in [-0.2, -0.15) is 0 Å². The molecule has 1 fully saturated rings. The van der Waals surface area contributed by atoms with Crippen LogP contribution in [0.25, 0.3) is 0 Å². The van der Waals surface area contributed by atoms with Gasteiger partial charge in [-0.15, -0.1) is 0 Å². The third-order valence-electron chi connectivity index (χ3n) is 3.59. The van der Waals surface area contributed by atoms with Crippen LogP contribution in [-0.4, -0.2) is 33.3 Å². The number of sulfonamides is 1. The SMILES string of the molecule is CCS(=O)(=O)NCCCNC(C)C1(C)CC1. The molecule has 0 spiro atoms. The van der Waals surface area contributed by atoms with Crippen LogP contribution in [0, 0.1) is 5.41 Å². The topological polar surface area (TPSA) is 58.2 Å². The minimum atomic E-state index is -3.01. The fraction of sp³-hybridized carbons (Fsp3) is 1.00. The Morgan fingerprint density at radius 3 is 2.44 bits per heavy atom. The van der Waals surface area contributed by atoms with E-state index < -0.39 is 10.0 Å². The Hall–Kier alpha value is -0.130. The van der Waals surface area contributed by atoms with E-state index in [0.717, 1.165) is 13.0 Å². The molecule has 1 atom stereocenters. The molecule has 0 aliphatic heterocycles. The molecule has 0 aromatic carbocycles. The Labute approximate surface area is 99.2 Å². The van der Waals surface area contributed by atoms with Gasteiger partial charge in [0.15, 0.2) is 0 Å². The molecular weight excluding hydrogens is 224 g/mol.